The molecule has 7 unspecified atom stereocenters. The molecule has 0 aliphatic carbocycles. The zero-order valence-corrected chi connectivity index (χ0v) is 47.7. The monoisotopic (exact) mass is 1060 g/mol. The number of hydrogen-bond acceptors (Lipinski definition) is 10. The van der Waals surface area contributed by atoms with E-state index in [1.54, 1.807) is 6.08 Å². The second-order valence-electron chi connectivity index (χ2n) is 21.0. The first-order chi connectivity index (χ1) is 36.7. The summed E-state index contributed by atoms with van der Waals surface area (Å²) in [4.78, 5) is 25.0. The van der Waals surface area contributed by atoms with Crippen molar-refractivity contribution in [3.63, 3.8) is 0 Å². The molecule has 7 atom stereocenters. The van der Waals surface area contributed by atoms with Crippen LogP contribution in [0.25, 0.3) is 0 Å². The number of aliphatic hydroxyl groups is 5. The second-order valence-corrected chi connectivity index (χ2v) is 21.0. The minimum atomic E-state index is -1.58. The van der Waals surface area contributed by atoms with Gasteiger partial charge in [-0.2, -0.15) is 0 Å². The first kappa shape index (κ1) is 70.1. The van der Waals surface area contributed by atoms with E-state index in [4.69, 9.17) is 14.2 Å². The Labute approximate surface area is 458 Å². The van der Waals surface area contributed by atoms with Crippen molar-refractivity contribution < 1.29 is 49.3 Å². The highest BCUT2D eigenvalue weighted by atomic mass is 16.7. The van der Waals surface area contributed by atoms with Gasteiger partial charge in [-0.3, -0.25) is 9.59 Å². The van der Waals surface area contributed by atoms with Gasteiger partial charge < -0.3 is 45.1 Å². The molecule has 0 bridgehead atoms. The molecule has 75 heavy (non-hydrogen) atoms. The quantitative estimate of drug-likeness (QED) is 0.0195. The zero-order valence-electron chi connectivity index (χ0n) is 47.7. The minimum Gasteiger partial charge on any atom is -0.466 e. The minimum absolute atomic E-state index is 0.0151. The summed E-state index contributed by atoms with van der Waals surface area (Å²) in [7, 11) is 0. The molecular weight excluding hydrogens is 943 g/mol. The zero-order chi connectivity index (χ0) is 54.5. The van der Waals surface area contributed by atoms with Crippen LogP contribution in [0.5, 0.6) is 0 Å². The van der Waals surface area contributed by atoms with E-state index in [2.05, 4.69) is 79.9 Å². The largest absolute Gasteiger partial charge is 0.466 e. The number of esters is 1. The number of amides is 1. The molecule has 0 aromatic heterocycles. The maximum Gasteiger partial charge on any atom is 0.305 e. The Balaban J connectivity index is 2.04. The summed E-state index contributed by atoms with van der Waals surface area (Å²) in [5.74, 6) is -0.226. The van der Waals surface area contributed by atoms with Crippen molar-refractivity contribution >= 4 is 11.9 Å². The number of nitrogens with one attached hydrogen (secondary N) is 1. The van der Waals surface area contributed by atoms with E-state index >= 15 is 0 Å². The van der Waals surface area contributed by atoms with Crippen molar-refractivity contribution in [2.24, 2.45) is 0 Å². The lowest BCUT2D eigenvalue weighted by molar-refractivity contribution is -0.302. The van der Waals surface area contributed by atoms with Crippen LogP contribution < -0.4 is 5.32 Å². The number of unbranched alkanes of at least 4 members (excludes halogenated alkanes) is 28. The molecule has 0 spiro atoms. The lowest BCUT2D eigenvalue weighted by atomic mass is 9.99. The molecule has 11 nitrogen and oxygen atoms in total. The molecule has 11 heteroatoms. The molecule has 434 valence electrons. The molecule has 1 aliphatic rings. The van der Waals surface area contributed by atoms with Crippen LogP contribution in [0, 0.1) is 0 Å². The van der Waals surface area contributed by atoms with E-state index in [1.165, 1.54) is 128 Å². The number of carbonyl (C=O) groups excluding carboxylic acids is 2. The standard InChI is InChI=1S/C64H113NO10/c1-3-5-7-9-11-13-15-16-29-32-36-40-44-48-52-60(69)73-53-49-45-41-37-33-30-27-25-23-21-19-17-18-20-22-24-26-28-31-35-39-43-47-51-59(68)65-56(55-74-64-63(72)62(71)61(70)58(54-66)75-64)57(67)50-46-42-38-34-14-12-10-8-6-4-2/h6,8,14-17,19-20,22,34,46,50,56-58,61-64,66-67,70-72H,3-5,7,9-13,18,21,23-33,35-45,47-49,51-55H2,1-2H3,(H,65,68)/b8-6+,16-15-,19-17-,22-20-,34-14+,50-46+. The molecule has 0 saturated carbocycles. The van der Waals surface area contributed by atoms with Crippen molar-refractivity contribution in [1.29, 1.82) is 0 Å². The number of hydrogen-bond donors (Lipinski definition) is 6. The molecule has 1 fully saturated rings. The third kappa shape index (κ3) is 42.8. The Bertz CT molecular complexity index is 1470. The Kier molecular flexibility index (Phi) is 49.7. The number of aliphatic hydroxyl groups excluding tert-OH is 5. The van der Waals surface area contributed by atoms with Gasteiger partial charge in [0.25, 0.3) is 0 Å². The van der Waals surface area contributed by atoms with Gasteiger partial charge in [0.1, 0.15) is 24.4 Å². The fourth-order valence-electron chi connectivity index (χ4n) is 9.14. The first-order valence-corrected chi connectivity index (χ1v) is 30.7. The van der Waals surface area contributed by atoms with Crippen LogP contribution in [0.3, 0.4) is 0 Å². The van der Waals surface area contributed by atoms with Gasteiger partial charge in [-0.25, -0.2) is 0 Å². The highest BCUT2D eigenvalue weighted by molar-refractivity contribution is 5.76. The lowest BCUT2D eigenvalue weighted by Gasteiger charge is -2.40. The number of ether oxygens (including phenoxy) is 3. The second kappa shape index (κ2) is 53.1. The van der Waals surface area contributed by atoms with Gasteiger partial charge in [0.15, 0.2) is 6.29 Å². The summed E-state index contributed by atoms with van der Waals surface area (Å²) >= 11 is 0. The molecule has 6 N–H and O–H groups in total. The summed E-state index contributed by atoms with van der Waals surface area (Å²) in [5.41, 5.74) is 0. The highest BCUT2D eigenvalue weighted by Gasteiger charge is 2.44. The predicted molar refractivity (Wildman–Crippen MR) is 310 cm³/mol. The van der Waals surface area contributed by atoms with Crippen molar-refractivity contribution in [2.75, 3.05) is 19.8 Å². The van der Waals surface area contributed by atoms with Crippen LogP contribution >= 0.6 is 0 Å². The van der Waals surface area contributed by atoms with Crippen molar-refractivity contribution in [3.8, 4) is 0 Å². The summed E-state index contributed by atoms with van der Waals surface area (Å²) in [5, 5.41) is 54.2. The SMILES string of the molecule is CC/C=C/CC/C=C/CC/C=C/C(O)C(COC1OC(CO)C(O)C(O)C1O)NC(=O)CCCCCCCCC/C=C\C/C=C\CCCCCCCCCCCOC(=O)CCCCCCC/C=C\CCCCCCC. The fourth-order valence-corrected chi connectivity index (χ4v) is 9.14. The molecule has 1 aliphatic heterocycles. The Morgan fingerprint density at radius 2 is 0.947 bits per heavy atom. The average molecular weight is 1060 g/mol. The Morgan fingerprint density at radius 3 is 1.47 bits per heavy atom. The number of allylic oxidation sites excluding steroid dienone is 11. The van der Waals surface area contributed by atoms with Gasteiger partial charge in [0.05, 0.1) is 32.0 Å². The van der Waals surface area contributed by atoms with E-state index in [9.17, 15) is 35.1 Å². The third-order valence-corrected chi connectivity index (χ3v) is 14.0. The van der Waals surface area contributed by atoms with Crippen LogP contribution in [0.4, 0.5) is 0 Å². The van der Waals surface area contributed by atoms with Crippen LogP contribution in [0.1, 0.15) is 258 Å². The first-order valence-electron chi connectivity index (χ1n) is 30.7. The molecule has 0 aromatic carbocycles. The van der Waals surface area contributed by atoms with E-state index in [1.807, 2.05) is 6.08 Å². The Hall–Kier alpha value is -2.90. The fraction of sp³-hybridized carbons (Fsp3) is 0.781. The number of carbonyl (C=O) groups is 2. The topological polar surface area (TPSA) is 175 Å². The van der Waals surface area contributed by atoms with Crippen LogP contribution in [0.2, 0.25) is 0 Å². The molecule has 1 heterocycles. The molecule has 0 radical (unpaired) electrons. The van der Waals surface area contributed by atoms with Gasteiger partial charge in [0.2, 0.25) is 5.91 Å². The smallest absolute Gasteiger partial charge is 0.305 e. The van der Waals surface area contributed by atoms with Gasteiger partial charge in [0, 0.05) is 12.8 Å². The van der Waals surface area contributed by atoms with E-state index in [0.29, 0.717) is 25.9 Å². The van der Waals surface area contributed by atoms with Crippen LogP contribution in [0.15, 0.2) is 72.9 Å². The van der Waals surface area contributed by atoms with E-state index < -0.39 is 49.5 Å². The molecule has 1 saturated heterocycles. The van der Waals surface area contributed by atoms with Gasteiger partial charge in [-0.1, -0.05) is 209 Å². The van der Waals surface area contributed by atoms with Crippen LogP contribution in [-0.2, 0) is 23.8 Å². The van der Waals surface area contributed by atoms with Gasteiger partial charge in [-0.05, 0) is 109 Å². The van der Waals surface area contributed by atoms with Gasteiger partial charge in [-0.15, -0.1) is 0 Å². The van der Waals surface area contributed by atoms with Crippen molar-refractivity contribution in [1.82, 2.24) is 5.32 Å². The Morgan fingerprint density at radius 1 is 0.507 bits per heavy atom. The lowest BCUT2D eigenvalue weighted by Crippen LogP contribution is -2.60. The molecular formula is C64H113NO10. The highest BCUT2D eigenvalue weighted by Crippen LogP contribution is 2.23. The number of rotatable bonds is 52. The van der Waals surface area contributed by atoms with Gasteiger partial charge >= 0.3 is 5.97 Å². The van der Waals surface area contributed by atoms with Crippen molar-refractivity contribution in [2.45, 2.75) is 301 Å². The summed E-state index contributed by atoms with van der Waals surface area (Å²) in [6, 6.07) is -0.843. The molecule has 1 rings (SSSR count). The van der Waals surface area contributed by atoms with Crippen molar-refractivity contribution in [3.05, 3.63) is 72.9 Å². The summed E-state index contributed by atoms with van der Waals surface area (Å²) < 4.78 is 16.7. The average Bonchev–Trinajstić information content (AvgIpc) is 3.41. The summed E-state index contributed by atoms with van der Waals surface area (Å²) in [6.07, 6.45) is 60.2. The summed E-state index contributed by atoms with van der Waals surface area (Å²) in [6.45, 7) is 4.16. The third-order valence-electron chi connectivity index (χ3n) is 14.0. The predicted octanol–water partition coefficient (Wildman–Crippen LogP) is 14.4. The maximum atomic E-state index is 13.0. The maximum absolute atomic E-state index is 13.0. The van der Waals surface area contributed by atoms with Crippen LogP contribution in [-0.4, -0.2) is 100 Å². The normalized spacial score (nSPS) is 19.3. The molecule has 1 amide bonds. The molecule has 0 aromatic rings. The van der Waals surface area contributed by atoms with E-state index in [0.717, 1.165) is 96.3 Å². The van der Waals surface area contributed by atoms with E-state index in [-0.39, 0.29) is 18.5 Å².